The molecule has 31 heavy (non-hydrogen) atoms. The number of carboxylic acid groups (broad SMARTS) is 1. The van der Waals surface area contributed by atoms with Crippen LogP contribution in [0, 0.1) is 5.92 Å². The molecule has 2 atom stereocenters. The lowest BCUT2D eigenvalue weighted by molar-refractivity contribution is -0.122. The van der Waals surface area contributed by atoms with Gasteiger partial charge in [-0.3, -0.25) is 4.79 Å². The molecule has 10 nitrogen and oxygen atoms in total. The number of sulfonamides is 1. The van der Waals surface area contributed by atoms with Gasteiger partial charge in [0, 0.05) is 50.1 Å². The Hall–Kier alpha value is -2.47. The van der Waals surface area contributed by atoms with E-state index in [9.17, 15) is 13.5 Å². The molecular weight excluding hydrogens is 424 g/mol. The van der Waals surface area contributed by atoms with Crippen molar-refractivity contribution in [3.63, 3.8) is 0 Å². The summed E-state index contributed by atoms with van der Waals surface area (Å²) in [6.07, 6.45) is 3.58. The lowest BCUT2D eigenvalue weighted by Crippen LogP contribution is -2.32. The lowest BCUT2D eigenvalue weighted by atomic mass is 10.0. The number of phenols is 1. The highest BCUT2D eigenvalue weighted by Crippen LogP contribution is 2.33. The number of ether oxygens (including phenoxy) is 1. The minimum Gasteiger partial charge on any atom is -0.508 e. The standard InChI is InChI=1S/C19H28N4O4S.CH2O2/c1-21(2)10-15-9-14(5-6-18(15)24)19-20-7-8-23(19)17-12-27-11-16(17)13-28(25,26)22(3)4;2-1-3/h5-9,16-17,24H,10-13H2,1-4H3;1H,(H,2,3)/t16-,17-;/m1./s1. The van der Waals surface area contributed by atoms with Crippen LogP contribution in [0.1, 0.15) is 11.6 Å². The molecule has 0 aliphatic carbocycles. The SMILES string of the molecule is CN(C)Cc1cc(-c2nccn2[C@@H]2COC[C@@H]2CS(=O)(=O)N(C)C)ccc1O.O=CO. The predicted octanol–water partition coefficient (Wildman–Crippen LogP) is 1.10. The normalized spacial score (nSPS) is 18.8. The number of carbonyl (C=O) groups is 1. The van der Waals surface area contributed by atoms with Crippen molar-refractivity contribution < 1.29 is 28.2 Å². The molecule has 1 aliphatic rings. The molecule has 1 aromatic heterocycles. The van der Waals surface area contributed by atoms with Crippen LogP contribution in [0.5, 0.6) is 5.75 Å². The second-order valence-corrected chi connectivity index (χ2v) is 10.00. The number of phenolic OH excluding ortho intramolecular Hbond substituents is 1. The van der Waals surface area contributed by atoms with Gasteiger partial charge in [-0.15, -0.1) is 0 Å². The number of aromatic nitrogens is 2. The van der Waals surface area contributed by atoms with E-state index in [1.54, 1.807) is 26.4 Å². The number of imidazole rings is 1. The number of aromatic hydroxyl groups is 1. The van der Waals surface area contributed by atoms with Crippen LogP contribution in [0.25, 0.3) is 11.4 Å². The van der Waals surface area contributed by atoms with Crippen molar-refractivity contribution in [2.24, 2.45) is 5.92 Å². The molecule has 1 aromatic carbocycles. The monoisotopic (exact) mass is 454 g/mol. The highest BCUT2D eigenvalue weighted by molar-refractivity contribution is 7.89. The Labute approximate surface area is 182 Å². The summed E-state index contributed by atoms with van der Waals surface area (Å²) in [5.74, 6) is 0.861. The van der Waals surface area contributed by atoms with Crippen molar-refractivity contribution in [3.8, 4) is 17.1 Å². The first-order valence-electron chi connectivity index (χ1n) is 9.66. The lowest BCUT2D eigenvalue weighted by Gasteiger charge is -2.23. The Morgan fingerprint density at radius 2 is 1.94 bits per heavy atom. The zero-order valence-corrected chi connectivity index (χ0v) is 19.0. The molecule has 0 saturated carbocycles. The molecule has 2 N–H and O–H groups in total. The Bertz CT molecular complexity index is 974. The molecule has 0 radical (unpaired) electrons. The van der Waals surface area contributed by atoms with E-state index in [0.717, 1.165) is 17.0 Å². The maximum absolute atomic E-state index is 12.4. The molecule has 172 valence electrons. The molecule has 1 fully saturated rings. The van der Waals surface area contributed by atoms with E-state index in [4.69, 9.17) is 14.6 Å². The van der Waals surface area contributed by atoms with Crippen molar-refractivity contribution in [1.82, 2.24) is 18.8 Å². The first-order chi connectivity index (χ1) is 14.6. The second kappa shape index (κ2) is 10.7. The first-order valence-corrected chi connectivity index (χ1v) is 11.3. The molecule has 0 spiro atoms. The van der Waals surface area contributed by atoms with Gasteiger partial charge >= 0.3 is 0 Å². The Balaban J connectivity index is 0.00000107. The third-order valence-corrected chi connectivity index (χ3v) is 6.96. The van der Waals surface area contributed by atoms with Crippen LogP contribution in [0.3, 0.4) is 0 Å². The highest BCUT2D eigenvalue weighted by atomic mass is 32.2. The van der Waals surface area contributed by atoms with E-state index in [1.165, 1.54) is 4.31 Å². The van der Waals surface area contributed by atoms with Crippen molar-refractivity contribution in [1.29, 1.82) is 0 Å². The second-order valence-electron chi connectivity index (χ2n) is 7.77. The average Bonchev–Trinajstić information content (AvgIpc) is 3.32. The Kier molecular flexibility index (Phi) is 8.57. The van der Waals surface area contributed by atoms with Crippen molar-refractivity contribution in [3.05, 3.63) is 36.2 Å². The van der Waals surface area contributed by atoms with E-state index in [0.29, 0.717) is 19.8 Å². The number of hydrogen-bond donors (Lipinski definition) is 2. The van der Waals surface area contributed by atoms with Crippen molar-refractivity contribution >= 4 is 16.5 Å². The van der Waals surface area contributed by atoms with Crippen LogP contribution in [0.15, 0.2) is 30.6 Å². The molecule has 1 saturated heterocycles. The third kappa shape index (κ3) is 6.26. The fraction of sp³-hybridized carbons (Fsp3) is 0.500. The summed E-state index contributed by atoms with van der Waals surface area (Å²) in [6, 6.07) is 5.31. The van der Waals surface area contributed by atoms with Crippen LogP contribution in [-0.2, 0) is 26.1 Å². The van der Waals surface area contributed by atoms with Gasteiger partial charge in [0.2, 0.25) is 10.0 Å². The molecule has 0 unspecified atom stereocenters. The quantitative estimate of drug-likeness (QED) is 0.596. The summed E-state index contributed by atoms with van der Waals surface area (Å²) in [5, 5.41) is 17.0. The van der Waals surface area contributed by atoms with Crippen LogP contribution < -0.4 is 0 Å². The largest absolute Gasteiger partial charge is 0.508 e. The van der Waals surface area contributed by atoms with Gasteiger partial charge in [-0.2, -0.15) is 0 Å². The van der Waals surface area contributed by atoms with Crippen LogP contribution in [0.4, 0.5) is 0 Å². The zero-order valence-electron chi connectivity index (χ0n) is 18.2. The fourth-order valence-corrected chi connectivity index (χ4v) is 4.63. The first kappa shape index (κ1) is 24.8. The van der Waals surface area contributed by atoms with Crippen molar-refractivity contribution in [2.75, 3.05) is 47.2 Å². The Morgan fingerprint density at radius 1 is 1.26 bits per heavy atom. The van der Waals surface area contributed by atoms with Gasteiger partial charge in [0.1, 0.15) is 11.6 Å². The minimum atomic E-state index is -3.33. The summed E-state index contributed by atoms with van der Waals surface area (Å²) in [4.78, 5) is 14.8. The molecular formula is C20H30N4O6S. The average molecular weight is 455 g/mol. The third-order valence-electron chi connectivity index (χ3n) is 5.00. The summed E-state index contributed by atoms with van der Waals surface area (Å²) in [7, 11) is 3.65. The molecule has 1 aliphatic heterocycles. The zero-order chi connectivity index (χ0) is 23.2. The van der Waals surface area contributed by atoms with E-state index in [-0.39, 0.29) is 29.9 Å². The topological polar surface area (TPSA) is 125 Å². The molecule has 2 aromatic rings. The Morgan fingerprint density at radius 3 is 2.55 bits per heavy atom. The smallest absolute Gasteiger partial charge is 0.290 e. The van der Waals surface area contributed by atoms with Crippen LogP contribution in [-0.4, -0.2) is 91.0 Å². The maximum atomic E-state index is 12.4. The number of benzene rings is 1. The van der Waals surface area contributed by atoms with Gasteiger partial charge in [-0.05, 0) is 32.3 Å². The summed E-state index contributed by atoms with van der Waals surface area (Å²) in [6.45, 7) is 1.20. The molecule has 2 heterocycles. The van der Waals surface area contributed by atoms with Gasteiger partial charge in [0.05, 0.1) is 25.0 Å². The maximum Gasteiger partial charge on any atom is 0.290 e. The van der Waals surface area contributed by atoms with Crippen LogP contribution >= 0.6 is 0 Å². The van der Waals surface area contributed by atoms with E-state index in [1.807, 2.05) is 41.9 Å². The van der Waals surface area contributed by atoms with E-state index < -0.39 is 10.0 Å². The fourth-order valence-electron chi connectivity index (χ4n) is 3.47. The summed E-state index contributed by atoms with van der Waals surface area (Å²) in [5.41, 5.74) is 1.69. The van der Waals surface area contributed by atoms with Crippen molar-refractivity contribution in [2.45, 2.75) is 12.6 Å². The van der Waals surface area contributed by atoms with Gasteiger partial charge in [-0.1, -0.05) is 0 Å². The number of hydrogen-bond acceptors (Lipinski definition) is 7. The van der Waals surface area contributed by atoms with Gasteiger partial charge in [0.15, 0.2) is 0 Å². The molecule has 0 bridgehead atoms. The van der Waals surface area contributed by atoms with Crippen LogP contribution in [0.2, 0.25) is 0 Å². The molecule has 3 rings (SSSR count). The predicted molar refractivity (Wildman–Crippen MR) is 116 cm³/mol. The van der Waals surface area contributed by atoms with E-state index in [2.05, 4.69) is 4.98 Å². The minimum absolute atomic E-state index is 0.0315. The summed E-state index contributed by atoms with van der Waals surface area (Å²) >= 11 is 0. The summed E-state index contributed by atoms with van der Waals surface area (Å²) < 4.78 is 33.6. The highest BCUT2D eigenvalue weighted by Gasteiger charge is 2.35. The number of rotatable bonds is 7. The van der Waals surface area contributed by atoms with E-state index >= 15 is 0 Å². The van der Waals surface area contributed by atoms with Gasteiger partial charge < -0.3 is 24.4 Å². The van der Waals surface area contributed by atoms with Gasteiger partial charge in [-0.25, -0.2) is 17.7 Å². The molecule has 11 heteroatoms. The number of nitrogens with zero attached hydrogens (tertiary/aromatic N) is 4. The molecule has 0 amide bonds. The van der Waals surface area contributed by atoms with Gasteiger partial charge in [0.25, 0.3) is 6.47 Å².